The Hall–Kier alpha value is -0.720. The number of rotatable bonds is 4. The van der Waals surface area contributed by atoms with Crippen molar-refractivity contribution in [2.45, 2.75) is 0 Å². The predicted molar refractivity (Wildman–Crippen MR) is 67.5 cm³/mol. The second-order valence-electron chi connectivity index (χ2n) is 3.74. The molecule has 1 aliphatic heterocycles. The van der Waals surface area contributed by atoms with E-state index in [1.807, 2.05) is 0 Å². The molecule has 0 bridgehead atoms. The average molecular weight is 286 g/mol. The highest BCUT2D eigenvalue weighted by molar-refractivity contribution is 9.10. The Bertz CT molecular complexity index is 327. The summed E-state index contributed by atoms with van der Waals surface area (Å²) in [4.78, 5) is 10.5. The zero-order valence-electron chi connectivity index (χ0n) is 9.12. The van der Waals surface area contributed by atoms with Gasteiger partial charge < -0.3 is 10.6 Å². The maximum absolute atomic E-state index is 4.16. The third-order valence-corrected chi connectivity index (χ3v) is 3.18. The fraction of sp³-hybridized carbons (Fsp3) is 0.600. The van der Waals surface area contributed by atoms with Gasteiger partial charge in [0, 0.05) is 45.5 Å². The first-order valence-corrected chi connectivity index (χ1v) is 6.28. The van der Waals surface area contributed by atoms with Crippen LogP contribution >= 0.6 is 15.9 Å². The van der Waals surface area contributed by atoms with Crippen molar-refractivity contribution >= 4 is 21.7 Å². The lowest BCUT2D eigenvalue weighted by molar-refractivity contribution is 0.249. The van der Waals surface area contributed by atoms with E-state index in [1.165, 1.54) is 0 Å². The molecule has 5 nitrogen and oxygen atoms in total. The highest BCUT2D eigenvalue weighted by Crippen LogP contribution is 2.16. The molecule has 2 heterocycles. The van der Waals surface area contributed by atoms with Gasteiger partial charge in [0.05, 0.1) is 4.47 Å². The fourth-order valence-corrected chi connectivity index (χ4v) is 2.07. The quantitative estimate of drug-likeness (QED) is 0.847. The van der Waals surface area contributed by atoms with Crippen molar-refractivity contribution in [2.24, 2.45) is 0 Å². The van der Waals surface area contributed by atoms with Crippen molar-refractivity contribution in [1.29, 1.82) is 0 Å². The second-order valence-corrected chi connectivity index (χ2v) is 4.59. The lowest BCUT2D eigenvalue weighted by atomic mass is 10.3. The van der Waals surface area contributed by atoms with E-state index in [1.54, 1.807) is 12.5 Å². The molecule has 1 aliphatic rings. The molecule has 0 spiro atoms. The molecule has 0 unspecified atom stereocenters. The zero-order valence-corrected chi connectivity index (χ0v) is 10.7. The van der Waals surface area contributed by atoms with Crippen LogP contribution in [0.5, 0.6) is 0 Å². The van der Waals surface area contributed by atoms with E-state index in [0.717, 1.165) is 49.6 Å². The average Bonchev–Trinajstić information content (AvgIpc) is 2.33. The summed E-state index contributed by atoms with van der Waals surface area (Å²) >= 11 is 3.41. The summed E-state index contributed by atoms with van der Waals surface area (Å²) in [5.41, 5.74) is 0. The number of anilines is 1. The summed E-state index contributed by atoms with van der Waals surface area (Å²) in [6, 6.07) is 0. The Morgan fingerprint density at radius 3 is 3.00 bits per heavy atom. The van der Waals surface area contributed by atoms with E-state index in [0.29, 0.717) is 0 Å². The zero-order chi connectivity index (χ0) is 11.2. The van der Waals surface area contributed by atoms with E-state index >= 15 is 0 Å². The lowest BCUT2D eigenvalue weighted by Crippen LogP contribution is -2.45. The van der Waals surface area contributed by atoms with E-state index in [9.17, 15) is 0 Å². The van der Waals surface area contributed by atoms with E-state index in [4.69, 9.17) is 0 Å². The molecular formula is C10H16BrN5. The number of nitrogens with zero attached hydrogens (tertiary/aromatic N) is 3. The third-order valence-electron chi connectivity index (χ3n) is 2.60. The minimum atomic E-state index is 0.866. The molecular weight excluding hydrogens is 270 g/mol. The summed E-state index contributed by atoms with van der Waals surface area (Å²) in [7, 11) is 0. The minimum absolute atomic E-state index is 0.866. The monoisotopic (exact) mass is 285 g/mol. The summed E-state index contributed by atoms with van der Waals surface area (Å²) < 4.78 is 0.912. The smallest absolute Gasteiger partial charge is 0.143 e. The van der Waals surface area contributed by atoms with Gasteiger partial charge in [-0.05, 0) is 15.9 Å². The van der Waals surface area contributed by atoms with Crippen LogP contribution < -0.4 is 10.6 Å². The van der Waals surface area contributed by atoms with Gasteiger partial charge in [0.2, 0.25) is 0 Å². The molecule has 1 aromatic heterocycles. The van der Waals surface area contributed by atoms with Crippen molar-refractivity contribution < 1.29 is 0 Å². The SMILES string of the molecule is Brc1cncnc1NCCN1CCNCC1. The number of hydrogen-bond acceptors (Lipinski definition) is 5. The van der Waals surface area contributed by atoms with E-state index in [2.05, 4.69) is 41.4 Å². The van der Waals surface area contributed by atoms with Gasteiger partial charge in [0.1, 0.15) is 12.1 Å². The Balaban J connectivity index is 1.73. The third kappa shape index (κ3) is 3.40. The number of hydrogen-bond donors (Lipinski definition) is 2. The predicted octanol–water partition coefficient (Wildman–Crippen LogP) is 0.556. The normalized spacial score (nSPS) is 17.3. The van der Waals surface area contributed by atoms with Gasteiger partial charge in [-0.1, -0.05) is 0 Å². The van der Waals surface area contributed by atoms with Gasteiger partial charge in [0.15, 0.2) is 0 Å². The Morgan fingerprint density at radius 2 is 2.25 bits per heavy atom. The first-order chi connectivity index (χ1) is 7.86. The highest BCUT2D eigenvalue weighted by atomic mass is 79.9. The van der Waals surface area contributed by atoms with Crippen LogP contribution in [0.15, 0.2) is 17.0 Å². The first-order valence-electron chi connectivity index (χ1n) is 5.49. The molecule has 0 atom stereocenters. The van der Waals surface area contributed by atoms with Crippen molar-refractivity contribution in [3.8, 4) is 0 Å². The summed E-state index contributed by atoms with van der Waals surface area (Å²) in [6.45, 7) is 6.42. The van der Waals surface area contributed by atoms with E-state index < -0.39 is 0 Å². The highest BCUT2D eigenvalue weighted by Gasteiger charge is 2.08. The summed E-state index contributed by atoms with van der Waals surface area (Å²) in [6.07, 6.45) is 3.30. The largest absolute Gasteiger partial charge is 0.368 e. The van der Waals surface area contributed by atoms with Crippen LogP contribution in [0.2, 0.25) is 0 Å². The molecule has 16 heavy (non-hydrogen) atoms. The Labute approximate surface area is 104 Å². The van der Waals surface area contributed by atoms with Gasteiger partial charge in [-0.15, -0.1) is 0 Å². The summed E-state index contributed by atoms with van der Waals surface area (Å²) in [5.74, 6) is 0.866. The molecule has 0 amide bonds. The van der Waals surface area contributed by atoms with Crippen molar-refractivity contribution in [3.63, 3.8) is 0 Å². The Morgan fingerprint density at radius 1 is 1.44 bits per heavy atom. The number of nitrogens with one attached hydrogen (secondary N) is 2. The molecule has 2 rings (SSSR count). The first kappa shape index (κ1) is 11.8. The van der Waals surface area contributed by atoms with Crippen LogP contribution in [-0.2, 0) is 0 Å². The maximum atomic E-state index is 4.16. The lowest BCUT2D eigenvalue weighted by Gasteiger charge is -2.27. The molecule has 6 heteroatoms. The second kappa shape index (κ2) is 6.12. The number of halogens is 1. The van der Waals surface area contributed by atoms with Crippen LogP contribution in [0.3, 0.4) is 0 Å². The van der Waals surface area contributed by atoms with Gasteiger partial charge in [0.25, 0.3) is 0 Å². The van der Waals surface area contributed by atoms with Crippen LogP contribution in [0.25, 0.3) is 0 Å². The van der Waals surface area contributed by atoms with Crippen molar-refractivity contribution in [3.05, 3.63) is 17.0 Å². The number of piperazine rings is 1. The Kier molecular flexibility index (Phi) is 4.50. The summed E-state index contributed by atoms with van der Waals surface area (Å²) in [5, 5.41) is 6.64. The van der Waals surface area contributed by atoms with Gasteiger partial charge in [-0.25, -0.2) is 9.97 Å². The molecule has 0 radical (unpaired) electrons. The van der Waals surface area contributed by atoms with E-state index in [-0.39, 0.29) is 0 Å². The number of aromatic nitrogens is 2. The van der Waals surface area contributed by atoms with Crippen molar-refractivity contribution in [2.75, 3.05) is 44.6 Å². The minimum Gasteiger partial charge on any atom is -0.368 e. The standard InChI is InChI=1S/C10H16BrN5/c11-9-7-13-8-15-10(9)14-3-6-16-4-1-12-2-5-16/h7-8,12H,1-6H2,(H,13,14,15). The molecule has 0 aliphatic carbocycles. The van der Waals surface area contributed by atoms with Crippen LogP contribution in [0, 0.1) is 0 Å². The van der Waals surface area contributed by atoms with Gasteiger partial charge in [-0.3, -0.25) is 4.90 Å². The van der Waals surface area contributed by atoms with Crippen LogP contribution in [0.1, 0.15) is 0 Å². The van der Waals surface area contributed by atoms with Gasteiger partial charge >= 0.3 is 0 Å². The molecule has 0 saturated carbocycles. The van der Waals surface area contributed by atoms with Gasteiger partial charge in [-0.2, -0.15) is 0 Å². The van der Waals surface area contributed by atoms with Crippen LogP contribution in [-0.4, -0.2) is 54.1 Å². The van der Waals surface area contributed by atoms with Crippen LogP contribution in [0.4, 0.5) is 5.82 Å². The topological polar surface area (TPSA) is 53.1 Å². The molecule has 1 aromatic rings. The molecule has 2 N–H and O–H groups in total. The fourth-order valence-electron chi connectivity index (χ4n) is 1.71. The molecule has 1 fully saturated rings. The molecule has 1 saturated heterocycles. The molecule has 88 valence electrons. The maximum Gasteiger partial charge on any atom is 0.143 e. The molecule has 0 aromatic carbocycles. The van der Waals surface area contributed by atoms with Crippen molar-refractivity contribution in [1.82, 2.24) is 20.2 Å².